The lowest BCUT2D eigenvalue weighted by Crippen LogP contribution is -2.33. The number of anilines is 1. The number of nitrogens with two attached hydrogens (primary N) is 1. The van der Waals surface area contributed by atoms with Crippen molar-refractivity contribution in [1.82, 2.24) is 4.72 Å². The average Bonchev–Trinajstić information content (AvgIpc) is 2.13. The molecule has 0 amide bonds. The van der Waals surface area contributed by atoms with Gasteiger partial charge in [-0.1, -0.05) is 6.08 Å². The third-order valence-corrected chi connectivity index (χ3v) is 4.52. The molecule has 4 nitrogen and oxygen atoms in total. The maximum absolute atomic E-state index is 12.3. The fourth-order valence-electron chi connectivity index (χ4n) is 2.03. The number of nitrogen functional groups attached to an aromatic ring is 1. The maximum atomic E-state index is 12.3. The van der Waals surface area contributed by atoms with Gasteiger partial charge in [-0.25, -0.2) is 13.1 Å². The third kappa shape index (κ3) is 3.34. The van der Waals surface area contributed by atoms with E-state index in [2.05, 4.69) is 11.3 Å². The van der Waals surface area contributed by atoms with Crippen molar-refractivity contribution in [3.63, 3.8) is 0 Å². The van der Waals surface area contributed by atoms with Crippen molar-refractivity contribution in [3.05, 3.63) is 35.9 Å². The molecular weight excluding hydrogens is 248 g/mol. The summed E-state index contributed by atoms with van der Waals surface area (Å²) in [7, 11) is -3.51. The number of benzene rings is 1. The van der Waals surface area contributed by atoms with E-state index < -0.39 is 10.0 Å². The van der Waals surface area contributed by atoms with Gasteiger partial charge in [0.05, 0.1) is 4.90 Å². The quantitative estimate of drug-likeness (QED) is 0.634. The second-order valence-corrected chi connectivity index (χ2v) is 6.18. The maximum Gasteiger partial charge on any atom is 0.241 e. The molecule has 18 heavy (non-hydrogen) atoms. The summed E-state index contributed by atoms with van der Waals surface area (Å²) in [6, 6.07) is 3.16. The summed E-state index contributed by atoms with van der Waals surface area (Å²) < 4.78 is 27.2. The first-order chi connectivity index (χ1) is 8.27. The van der Waals surface area contributed by atoms with Gasteiger partial charge in [-0.15, -0.1) is 6.58 Å². The van der Waals surface area contributed by atoms with Crippen LogP contribution in [0.2, 0.25) is 0 Å². The average molecular weight is 268 g/mol. The molecule has 1 rings (SSSR count). The van der Waals surface area contributed by atoms with Crippen LogP contribution in [0.5, 0.6) is 0 Å². The Morgan fingerprint density at radius 1 is 1.39 bits per heavy atom. The molecule has 5 heteroatoms. The lowest BCUT2D eigenvalue weighted by Gasteiger charge is -2.16. The first-order valence-corrected chi connectivity index (χ1v) is 7.26. The van der Waals surface area contributed by atoms with E-state index in [1.165, 1.54) is 0 Å². The van der Waals surface area contributed by atoms with Gasteiger partial charge in [-0.05, 0) is 50.5 Å². The van der Waals surface area contributed by atoms with Crippen LogP contribution in [0, 0.1) is 13.8 Å². The topological polar surface area (TPSA) is 72.2 Å². The molecule has 1 aromatic carbocycles. The summed E-state index contributed by atoms with van der Waals surface area (Å²) in [4.78, 5) is 0.313. The van der Waals surface area contributed by atoms with E-state index >= 15 is 0 Å². The predicted octanol–water partition coefficient (Wildman–Crippen LogP) is 2.13. The minimum absolute atomic E-state index is 0.177. The smallest absolute Gasteiger partial charge is 0.241 e. The molecule has 0 bridgehead atoms. The van der Waals surface area contributed by atoms with Gasteiger partial charge >= 0.3 is 0 Å². The molecule has 3 N–H and O–H groups in total. The molecule has 0 aliphatic carbocycles. The molecule has 1 aromatic rings. The molecule has 1 unspecified atom stereocenters. The zero-order valence-electron chi connectivity index (χ0n) is 11.0. The van der Waals surface area contributed by atoms with Gasteiger partial charge in [0.15, 0.2) is 0 Å². The summed E-state index contributed by atoms with van der Waals surface area (Å²) in [5.74, 6) is 0. The molecule has 0 spiro atoms. The number of nitrogens with one attached hydrogen (secondary N) is 1. The number of aryl methyl sites for hydroxylation is 2. The molecule has 0 saturated heterocycles. The highest BCUT2D eigenvalue weighted by molar-refractivity contribution is 7.89. The molecule has 100 valence electrons. The van der Waals surface area contributed by atoms with Crippen LogP contribution in [-0.2, 0) is 10.0 Å². The summed E-state index contributed by atoms with van der Waals surface area (Å²) in [6.45, 7) is 8.90. The second-order valence-electron chi connectivity index (χ2n) is 4.53. The van der Waals surface area contributed by atoms with Gasteiger partial charge in [0, 0.05) is 11.7 Å². The monoisotopic (exact) mass is 268 g/mol. The van der Waals surface area contributed by atoms with Crippen molar-refractivity contribution in [1.29, 1.82) is 0 Å². The Morgan fingerprint density at radius 2 is 1.89 bits per heavy atom. The van der Waals surface area contributed by atoms with Gasteiger partial charge in [0.1, 0.15) is 0 Å². The van der Waals surface area contributed by atoms with Gasteiger partial charge < -0.3 is 5.73 Å². The van der Waals surface area contributed by atoms with Gasteiger partial charge in [-0.2, -0.15) is 0 Å². The lowest BCUT2D eigenvalue weighted by atomic mass is 10.1. The number of sulfonamides is 1. The molecule has 0 fully saturated rings. The molecule has 0 aromatic heterocycles. The van der Waals surface area contributed by atoms with E-state index in [0.717, 1.165) is 0 Å². The van der Waals surface area contributed by atoms with Crippen LogP contribution in [0.15, 0.2) is 29.7 Å². The Balaban J connectivity index is 3.17. The Morgan fingerprint density at radius 3 is 2.33 bits per heavy atom. The summed E-state index contributed by atoms with van der Waals surface area (Å²) in [5, 5.41) is 0. The summed E-state index contributed by atoms with van der Waals surface area (Å²) in [5.41, 5.74) is 7.58. The van der Waals surface area contributed by atoms with Crippen LogP contribution < -0.4 is 10.5 Å². The standard InChI is InChI=1S/C13H20N2O2S/c1-5-6-11(4)15-18(16,17)13-9(2)7-12(14)8-10(13)3/h5,7-8,11,15H,1,6,14H2,2-4H3. The SMILES string of the molecule is C=CCC(C)NS(=O)(=O)c1c(C)cc(N)cc1C. The van der Waals surface area contributed by atoms with Crippen LogP contribution in [-0.4, -0.2) is 14.5 Å². The van der Waals surface area contributed by atoms with Crippen molar-refractivity contribution < 1.29 is 8.42 Å². The van der Waals surface area contributed by atoms with Gasteiger partial charge in [-0.3, -0.25) is 0 Å². The Hall–Kier alpha value is -1.33. The number of rotatable bonds is 5. The zero-order valence-corrected chi connectivity index (χ0v) is 11.8. The van der Waals surface area contributed by atoms with Gasteiger partial charge in [0.25, 0.3) is 0 Å². The molecule has 0 aliphatic rings. The van der Waals surface area contributed by atoms with E-state index in [4.69, 9.17) is 5.73 Å². The highest BCUT2D eigenvalue weighted by atomic mass is 32.2. The van der Waals surface area contributed by atoms with Crippen molar-refractivity contribution in [3.8, 4) is 0 Å². The highest BCUT2D eigenvalue weighted by Crippen LogP contribution is 2.23. The van der Waals surface area contributed by atoms with E-state index in [1.807, 2.05) is 0 Å². The van der Waals surface area contributed by atoms with E-state index in [0.29, 0.717) is 28.1 Å². The lowest BCUT2D eigenvalue weighted by molar-refractivity contribution is 0.561. The summed E-state index contributed by atoms with van der Waals surface area (Å²) in [6.07, 6.45) is 2.28. The van der Waals surface area contributed by atoms with E-state index in [1.54, 1.807) is 39.0 Å². The van der Waals surface area contributed by atoms with Gasteiger partial charge in [0.2, 0.25) is 10.0 Å². The van der Waals surface area contributed by atoms with Crippen LogP contribution in [0.25, 0.3) is 0 Å². The molecule has 0 aliphatic heterocycles. The Labute approximate surface area is 109 Å². The molecule has 0 saturated carbocycles. The zero-order chi connectivity index (χ0) is 13.9. The molecule has 0 heterocycles. The first-order valence-electron chi connectivity index (χ1n) is 5.78. The largest absolute Gasteiger partial charge is 0.399 e. The van der Waals surface area contributed by atoms with E-state index in [9.17, 15) is 8.42 Å². The normalized spacial score (nSPS) is 13.3. The highest BCUT2D eigenvalue weighted by Gasteiger charge is 2.21. The second kappa shape index (κ2) is 5.54. The van der Waals surface area contributed by atoms with Crippen LogP contribution >= 0.6 is 0 Å². The van der Waals surface area contributed by atoms with E-state index in [-0.39, 0.29) is 6.04 Å². The Kier molecular flexibility index (Phi) is 4.53. The molecular formula is C13H20N2O2S. The molecule has 0 radical (unpaired) electrons. The summed E-state index contributed by atoms with van der Waals surface area (Å²) >= 11 is 0. The van der Waals surface area contributed by atoms with Crippen LogP contribution in [0.4, 0.5) is 5.69 Å². The van der Waals surface area contributed by atoms with Crippen LogP contribution in [0.3, 0.4) is 0 Å². The fraction of sp³-hybridized carbons (Fsp3) is 0.385. The van der Waals surface area contributed by atoms with Crippen molar-refractivity contribution >= 4 is 15.7 Å². The number of hydrogen-bond donors (Lipinski definition) is 2. The van der Waals surface area contributed by atoms with Crippen LogP contribution in [0.1, 0.15) is 24.5 Å². The third-order valence-electron chi connectivity index (χ3n) is 2.63. The minimum atomic E-state index is -3.51. The van der Waals surface area contributed by atoms with Crippen molar-refractivity contribution in [2.45, 2.75) is 38.1 Å². The molecule has 1 atom stereocenters. The van der Waals surface area contributed by atoms with Crippen molar-refractivity contribution in [2.24, 2.45) is 0 Å². The fourth-order valence-corrected chi connectivity index (χ4v) is 3.74. The van der Waals surface area contributed by atoms with Crippen molar-refractivity contribution in [2.75, 3.05) is 5.73 Å². The number of hydrogen-bond acceptors (Lipinski definition) is 3. The minimum Gasteiger partial charge on any atom is -0.399 e. The Bertz CT molecular complexity index is 527. The first kappa shape index (κ1) is 14.7. The predicted molar refractivity (Wildman–Crippen MR) is 74.9 cm³/mol.